The van der Waals surface area contributed by atoms with Crippen LogP contribution in [0.3, 0.4) is 0 Å². The Labute approximate surface area is 159 Å². The number of hydrogen-bond acceptors (Lipinski definition) is 5. The molecule has 0 bridgehead atoms. The standard InChI is InChI=1S/C19H28N4O2S/c1-5-7-12-23-17(21-22-19(23)26-14(3)6-2)13-20-18(24)15-8-10-16(25-4)11-9-15/h8-11,14H,5-7,12-13H2,1-4H3,(H,20,24)/t14-/m1/s1. The largest absolute Gasteiger partial charge is 0.497 e. The van der Waals surface area contributed by atoms with Gasteiger partial charge in [-0.2, -0.15) is 0 Å². The third kappa shape index (κ3) is 5.49. The van der Waals surface area contributed by atoms with Gasteiger partial charge in [-0.1, -0.05) is 39.0 Å². The first kappa shape index (κ1) is 20.3. The van der Waals surface area contributed by atoms with Crippen molar-refractivity contribution in [2.75, 3.05) is 7.11 Å². The van der Waals surface area contributed by atoms with Gasteiger partial charge in [0.15, 0.2) is 11.0 Å². The Kier molecular flexibility index (Phi) is 7.97. The van der Waals surface area contributed by atoms with E-state index >= 15 is 0 Å². The zero-order chi connectivity index (χ0) is 18.9. The molecule has 1 aromatic heterocycles. The molecule has 0 aliphatic heterocycles. The van der Waals surface area contributed by atoms with Gasteiger partial charge in [0.25, 0.3) is 5.91 Å². The van der Waals surface area contributed by atoms with Gasteiger partial charge < -0.3 is 14.6 Å². The fourth-order valence-corrected chi connectivity index (χ4v) is 3.28. The van der Waals surface area contributed by atoms with Gasteiger partial charge in [-0.15, -0.1) is 10.2 Å². The lowest BCUT2D eigenvalue weighted by atomic mass is 10.2. The first-order valence-corrected chi connectivity index (χ1v) is 9.97. The van der Waals surface area contributed by atoms with Crippen molar-refractivity contribution in [2.24, 2.45) is 0 Å². The second-order valence-corrected chi connectivity index (χ2v) is 7.56. The van der Waals surface area contributed by atoms with Gasteiger partial charge in [-0.05, 0) is 37.1 Å². The summed E-state index contributed by atoms with van der Waals surface area (Å²) in [5, 5.41) is 13.0. The molecule has 0 saturated carbocycles. The van der Waals surface area contributed by atoms with Crippen LogP contribution in [0, 0.1) is 0 Å². The van der Waals surface area contributed by atoms with Crippen molar-refractivity contribution in [1.29, 1.82) is 0 Å². The van der Waals surface area contributed by atoms with Crippen molar-refractivity contribution in [3.63, 3.8) is 0 Å². The van der Waals surface area contributed by atoms with E-state index in [1.165, 1.54) is 0 Å². The highest BCUT2D eigenvalue weighted by atomic mass is 32.2. The molecule has 2 aromatic rings. The van der Waals surface area contributed by atoms with Gasteiger partial charge in [0.2, 0.25) is 0 Å². The number of unbranched alkanes of at least 4 members (excludes halogenated alkanes) is 1. The van der Waals surface area contributed by atoms with E-state index in [4.69, 9.17) is 4.74 Å². The van der Waals surface area contributed by atoms with E-state index in [1.54, 1.807) is 43.1 Å². The van der Waals surface area contributed by atoms with Crippen LogP contribution in [0.5, 0.6) is 5.75 Å². The molecule has 1 aromatic carbocycles. The number of aromatic nitrogens is 3. The van der Waals surface area contributed by atoms with E-state index in [0.29, 0.717) is 17.4 Å². The van der Waals surface area contributed by atoms with E-state index in [9.17, 15) is 4.79 Å². The number of ether oxygens (including phenoxy) is 1. The Morgan fingerprint density at radius 3 is 2.62 bits per heavy atom. The molecule has 0 radical (unpaired) electrons. The Morgan fingerprint density at radius 1 is 1.27 bits per heavy atom. The summed E-state index contributed by atoms with van der Waals surface area (Å²) in [6.07, 6.45) is 3.24. The van der Waals surface area contributed by atoms with Crippen LogP contribution in [0.25, 0.3) is 0 Å². The second-order valence-electron chi connectivity index (χ2n) is 6.15. The molecule has 1 N–H and O–H groups in total. The van der Waals surface area contributed by atoms with Crippen LogP contribution in [0.4, 0.5) is 0 Å². The van der Waals surface area contributed by atoms with E-state index < -0.39 is 0 Å². The Morgan fingerprint density at radius 2 is 2.00 bits per heavy atom. The minimum absolute atomic E-state index is 0.131. The lowest BCUT2D eigenvalue weighted by Crippen LogP contribution is -2.25. The molecule has 0 aliphatic carbocycles. The summed E-state index contributed by atoms with van der Waals surface area (Å²) in [6.45, 7) is 7.75. The highest BCUT2D eigenvalue weighted by Crippen LogP contribution is 2.24. The van der Waals surface area contributed by atoms with Crippen molar-refractivity contribution in [3.05, 3.63) is 35.7 Å². The van der Waals surface area contributed by atoms with E-state index in [2.05, 4.69) is 40.9 Å². The van der Waals surface area contributed by atoms with Crippen LogP contribution in [-0.2, 0) is 13.1 Å². The number of rotatable bonds is 10. The average molecular weight is 377 g/mol. The summed E-state index contributed by atoms with van der Waals surface area (Å²) in [7, 11) is 1.60. The molecular weight excluding hydrogens is 348 g/mol. The highest BCUT2D eigenvalue weighted by Gasteiger charge is 2.15. The summed E-state index contributed by atoms with van der Waals surface area (Å²) in [5.74, 6) is 1.40. The highest BCUT2D eigenvalue weighted by molar-refractivity contribution is 7.99. The van der Waals surface area contributed by atoms with Gasteiger partial charge in [0, 0.05) is 17.4 Å². The van der Waals surface area contributed by atoms with Gasteiger partial charge in [-0.25, -0.2) is 0 Å². The summed E-state index contributed by atoms with van der Waals surface area (Å²) in [5.41, 5.74) is 0.597. The normalized spacial score (nSPS) is 12.0. The Balaban J connectivity index is 2.05. The van der Waals surface area contributed by atoms with Crippen LogP contribution in [0.15, 0.2) is 29.4 Å². The fourth-order valence-electron chi connectivity index (χ4n) is 2.34. The lowest BCUT2D eigenvalue weighted by molar-refractivity contribution is 0.0949. The molecule has 0 fully saturated rings. The Hall–Kier alpha value is -2.02. The molecule has 1 atom stereocenters. The van der Waals surface area contributed by atoms with Crippen molar-refractivity contribution in [3.8, 4) is 5.75 Å². The molecular formula is C19H28N4O2S. The maximum absolute atomic E-state index is 12.4. The van der Waals surface area contributed by atoms with Gasteiger partial charge in [-0.3, -0.25) is 4.79 Å². The molecule has 0 saturated heterocycles. The molecule has 1 heterocycles. The zero-order valence-electron chi connectivity index (χ0n) is 16.0. The monoisotopic (exact) mass is 376 g/mol. The molecule has 1 amide bonds. The molecule has 0 unspecified atom stereocenters. The zero-order valence-corrected chi connectivity index (χ0v) is 16.8. The molecule has 2 rings (SSSR count). The average Bonchev–Trinajstić information content (AvgIpc) is 3.05. The molecule has 6 nitrogen and oxygen atoms in total. The van der Waals surface area contributed by atoms with Crippen LogP contribution in [0.2, 0.25) is 0 Å². The molecule has 142 valence electrons. The number of methoxy groups -OCH3 is 1. The minimum Gasteiger partial charge on any atom is -0.497 e. The van der Waals surface area contributed by atoms with Gasteiger partial charge in [0.05, 0.1) is 13.7 Å². The predicted molar refractivity (Wildman–Crippen MR) is 105 cm³/mol. The third-order valence-electron chi connectivity index (χ3n) is 4.17. The number of hydrogen-bond donors (Lipinski definition) is 1. The minimum atomic E-state index is -0.131. The number of amides is 1. The molecule has 0 spiro atoms. The van der Waals surface area contributed by atoms with Crippen LogP contribution < -0.4 is 10.1 Å². The summed E-state index contributed by atoms with van der Waals surface area (Å²) < 4.78 is 7.25. The smallest absolute Gasteiger partial charge is 0.251 e. The van der Waals surface area contributed by atoms with Crippen LogP contribution in [0.1, 0.15) is 56.2 Å². The van der Waals surface area contributed by atoms with Crippen LogP contribution in [-0.4, -0.2) is 33.0 Å². The summed E-state index contributed by atoms with van der Waals surface area (Å²) >= 11 is 1.74. The van der Waals surface area contributed by atoms with E-state index in [0.717, 1.165) is 42.5 Å². The maximum Gasteiger partial charge on any atom is 0.251 e. The number of carbonyl (C=O) groups excluding carboxylic acids is 1. The maximum atomic E-state index is 12.4. The summed E-state index contributed by atoms with van der Waals surface area (Å²) in [4.78, 5) is 12.4. The quantitative estimate of drug-likeness (QED) is 0.637. The SMILES string of the molecule is CCCCn1c(CNC(=O)c2ccc(OC)cc2)nnc1S[C@H](C)CC. The number of thioether (sulfide) groups is 1. The number of benzene rings is 1. The topological polar surface area (TPSA) is 69.0 Å². The van der Waals surface area contributed by atoms with Crippen molar-refractivity contribution >= 4 is 17.7 Å². The molecule has 26 heavy (non-hydrogen) atoms. The third-order valence-corrected chi connectivity index (χ3v) is 5.42. The fraction of sp³-hybridized carbons (Fsp3) is 0.526. The van der Waals surface area contributed by atoms with E-state index in [-0.39, 0.29) is 5.91 Å². The van der Waals surface area contributed by atoms with Gasteiger partial charge >= 0.3 is 0 Å². The molecule has 0 aliphatic rings. The number of carbonyl (C=O) groups is 1. The number of nitrogens with one attached hydrogen (secondary N) is 1. The first-order chi connectivity index (χ1) is 12.6. The summed E-state index contributed by atoms with van der Waals surface area (Å²) in [6, 6.07) is 7.06. The van der Waals surface area contributed by atoms with Crippen molar-refractivity contribution in [1.82, 2.24) is 20.1 Å². The second kappa shape index (κ2) is 10.2. The Bertz CT molecular complexity index is 700. The van der Waals surface area contributed by atoms with E-state index in [1.807, 2.05) is 0 Å². The first-order valence-electron chi connectivity index (χ1n) is 9.10. The molecule has 7 heteroatoms. The van der Waals surface area contributed by atoms with Crippen LogP contribution >= 0.6 is 11.8 Å². The van der Waals surface area contributed by atoms with Gasteiger partial charge in [0.1, 0.15) is 5.75 Å². The predicted octanol–water partition coefficient (Wildman–Crippen LogP) is 3.91. The lowest BCUT2D eigenvalue weighted by Gasteiger charge is -2.12. The van der Waals surface area contributed by atoms with Crippen molar-refractivity contribution in [2.45, 2.75) is 63.5 Å². The van der Waals surface area contributed by atoms with Crippen molar-refractivity contribution < 1.29 is 9.53 Å². The number of nitrogens with zero attached hydrogens (tertiary/aromatic N) is 3.